The van der Waals surface area contributed by atoms with Crippen LogP contribution in [0.3, 0.4) is 0 Å². The van der Waals surface area contributed by atoms with Gasteiger partial charge in [-0.15, -0.1) is 11.6 Å². The SMILES string of the molecule is CNC(=O)c1c(-c2ccc(F)cc2)oc2cc(N(C)S(C)(=O)=O)c(-c3ccc4nc(CCl)n5c6cccc(F)c6cc5c4n3)cc12. The van der Waals surface area contributed by atoms with E-state index in [0.717, 1.165) is 10.6 Å². The lowest BCUT2D eigenvalue weighted by Crippen LogP contribution is -2.25. The third-order valence-corrected chi connectivity index (χ3v) is 9.45. The Kier molecular flexibility index (Phi) is 6.94. The van der Waals surface area contributed by atoms with Crippen LogP contribution in [0, 0.1) is 11.6 Å². The molecule has 0 fully saturated rings. The average Bonchev–Trinajstić information content (AvgIpc) is 3.63. The lowest BCUT2D eigenvalue weighted by Gasteiger charge is -2.20. The van der Waals surface area contributed by atoms with E-state index in [0.29, 0.717) is 55.5 Å². The van der Waals surface area contributed by atoms with Gasteiger partial charge in [-0.25, -0.2) is 27.2 Å². The predicted octanol–water partition coefficient (Wildman–Crippen LogP) is 6.89. The maximum absolute atomic E-state index is 14.9. The van der Waals surface area contributed by atoms with E-state index >= 15 is 0 Å². The van der Waals surface area contributed by atoms with Crippen LogP contribution >= 0.6 is 11.6 Å². The number of carbonyl (C=O) groups is 1. The van der Waals surface area contributed by atoms with Gasteiger partial charge in [-0.2, -0.15) is 0 Å². The second-order valence-corrected chi connectivity index (χ2v) is 13.0. The summed E-state index contributed by atoms with van der Waals surface area (Å²) in [7, 11) is -0.895. The van der Waals surface area contributed by atoms with E-state index in [9.17, 15) is 22.0 Å². The zero-order chi connectivity index (χ0) is 32.5. The van der Waals surface area contributed by atoms with Crippen molar-refractivity contribution in [2.75, 3.05) is 24.7 Å². The highest BCUT2D eigenvalue weighted by Gasteiger charge is 2.27. The zero-order valence-electron chi connectivity index (χ0n) is 24.6. The molecule has 9 nitrogen and oxygen atoms in total. The highest BCUT2D eigenvalue weighted by molar-refractivity contribution is 7.92. The van der Waals surface area contributed by atoms with Gasteiger partial charge in [0.15, 0.2) is 0 Å². The lowest BCUT2D eigenvalue weighted by atomic mass is 10.0. The first-order chi connectivity index (χ1) is 22.0. The van der Waals surface area contributed by atoms with Gasteiger partial charge in [0.2, 0.25) is 10.0 Å². The number of pyridine rings is 1. The highest BCUT2D eigenvalue weighted by atomic mass is 35.5. The molecule has 7 aromatic rings. The van der Waals surface area contributed by atoms with Crippen LogP contribution in [-0.4, -0.2) is 49.0 Å². The summed E-state index contributed by atoms with van der Waals surface area (Å²) in [5.41, 5.74) is 3.92. The standard InChI is InChI=1S/C33H24ClF2N5O4S/c1-37-33(42)30-21-13-20(26(40(2)46(3,43)44)15-28(21)45-32(30)17-7-9-18(35)10-8-17)23-11-12-24-31(39-23)27-14-19-22(36)5-4-6-25(19)41(27)29(16-34)38-24/h4-15H,16H2,1-3H3,(H,37,42). The van der Waals surface area contributed by atoms with Crippen molar-refractivity contribution in [3.8, 4) is 22.6 Å². The number of aromatic nitrogens is 3. The van der Waals surface area contributed by atoms with Crippen LogP contribution in [0.25, 0.3) is 61.0 Å². The molecule has 4 heterocycles. The molecule has 0 spiro atoms. The fraction of sp³-hybridized carbons (Fsp3) is 0.121. The van der Waals surface area contributed by atoms with Crippen molar-refractivity contribution in [2.24, 2.45) is 0 Å². The summed E-state index contributed by atoms with van der Waals surface area (Å²) in [5.74, 6) is -0.572. The summed E-state index contributed by atoms with van der Waals surface area (Å²) in [5, 5.41) is 3.38. The number of carbonyl (C=O) groups excluding carboxylic acids is 1. The van der Waals surface area contributed by atoms with Crippen LogP contribution in [0.4, 0.5) is 14.5 Å². The quantitative estimate of drug-likeness (QED) is 0.195. The molecule has 0 aliphatic heterocycles. The van der Waals surface area contributed by atoms with Crippen molar-refractivity contribution in [1.82, 2.24) is 19.7 Å². The van der Waals surface area contributed by atoms with E-state index < -0.39 is 27.6 Å². The van der Waals surface area contributed by atoms with E-state index in [4.69, 9.17) is 26.0 Å². The number of alkyl halides is 1. The molecule has 13 heteroatoms. The number of nitrogens with zero attached hydrogens (tertiary/aromatic N) is 4. The normalized spacial score (nSPS) is 12.0. The maximum Gasteiger partial charge on any atom is 0.255 e. The van der Waals surface area contributed by atoms with E-state index in [2.05, 4.69) is 5.32 Å². The first-order valence-electron chi connectivity index (χ1n) is 14.0. The monoisotopic (exact) mass is 659 g/mol. The van der Waals surface area contributed by atoms with Gasteiger partial charge < -0.3 is 9.73 Å². The number of furan rings is 1. The number of hydrogen-bond acceptors (Lipinski definition) is 6. The molecule has 232 valence electrons. The van der Waals surface area contributed by atoms with Gasteiger partial charge in [0.05, 0.1) is 45.6 Å². The van der Waals surface area contributed by atoms with Gasteiger partial charge in [-0.05, 0) is 60.7 Å². The van der Waals surface area contributed by atoms with Gasteiger partial charge in [0.25, 0.3) is 5.91 Å². The van der Waals surface area contributed by atoms with E-state index in [1.165, 1.54) is 50.5 Å². The Hall–Kier alpha value is -5.07. The number of hydrogen-bond donors (Lipinski definition) is 1. The molecule has 1 amide bonds. The molecule has 0 aliphatic carbocycles. The summed E-state index contributed by atoms with van der Waals surface area (Å²) < 4.78 is 63.3. The molecule has 7 rings (SSSR count). The average molecular weight is 660 g/mol. The Bertz CT molecular complexity index is 2490. The molecule has 0 bridgehead atoms. The van der Waals surface area contributed by atoms with Gasteiger partial charge in [0.1, 0.15) is 34.3 Å². The van der Waals surface area contributed by atoms with Crippen LogP contribution < -0.4 is 9.62 Å². The van der Waals surface area contributed by atoms with Crippen LogP contribution in [0.5, 0.6) is 0 Å². The van der Waals surface area contributed by atoms with Crippen molar-refractivity contribution >= 4 is 71.6 Å². The van der Waals surface area contributed by atoms with Crippen molar-refractivity contribution in [1.29, 1.82) is 0 Å². The Morgan fingerprint density at radius 3 is 2.46 bits per heavy atom. The Labute approximate surface area is 266 Å². The molecule has 46 heavy (non-hydrogen) atoms. The molecule has 0 aliphatic rings. The largest absolute Gasteiger partial charge is 0.455 e. The second kappa shape index (κ2) is 10.8. The summed E-state index contributed by atoms with van der Waals surface area (Å²) >= 11 is 6.27. The Morgan fingerprint density at radius 2 is 1.76 bits per heavy atom. The molecule has 0 atom stereocenters. The Morgan fingerprint density at radius 1 is 1.00 bits per heavy atom. The number of amides is 1. The molecule has 0 saturated carbocycles. The number of nitrogens with one attached hydrogen (secondary N) is 1. The maximum atomic E-state index is 14.9. The van der Waals surface area contributed by atoms with Crippen molar-refractivity contribution in [3.05, 3.63) is 95.8 Å². The van der Waals surface area contributed by atoms with E-state index in [-0.39, 0.29) is 28.5 Å². The van der Waals surface area contributed by atoms with Crippen molar-refractivity contribution in [2.45, 2.75) is 5.88 Å². The minimum Gasteiger partial charge on any atom is -0.455 e. The first kappa shape index (κ1) is 29.6. The summed E-state index contributed by atoms with van der Waals surface area (Å²) in [4.78, 5) is 22.9. The van der Waals surface area contributed by atoms with Gasteiger partial charge in [-0.1, -0.05) is 6.07 Å². The summed E-state index contributed by atoms with van der Waals surface area (Å²) in [6, 6.07) is 18.5. The number of benzene rings is 3. The molecule has 0 unspecified atom stereocenters. The third-order valence-electron chi connectivity index (χ3n) is 8.02. The van der Waals surface area contributed by atoms with Gasteiger partial charge in [-0.3, -0.25) is 13.5 Å². The number of anilines is 1. The molecule has 0 saturated heterocycles. The zero-order valence-corrected chi connectivity index (χ0v) is 26.2. The Balaban J connectivity index is 1.56. The number of halogens is 3. The molecular formula is C33H24ClF2N5O4S. The van der Waals surface area contributed by atoms with E-state index in [1.54, 1.807) is 40.8 Å². The van der Waals surface area contributed by atoms with Crippen LogP contribution in [0.15, 0.2) is 77.2 Å². The smallest absolute Gasteiger partial charge is 0.255 e. The molecule has 3 aromatic carbocycles. The first-order valence-corrected chi connectivity index (χ1v) is 16.4. The molecule has 0 radical (unpaired) electrons. The lowest BCUT2D eigenvalue weighted by molar-refractivity contribution is 0.0964. The van der Waals surface area contributed by atoms with Gasteiger partial charge >= 0.3 is 0 Å². The summed E-state index contributed by atoms with van der Waals surface area (Å²) in [6.07, 6.45) is 1.07. The van der Waals surface area contributed by atoms with Crippen LogP contribution in [0.1, 0.15) is 16.2 Å². The molecule has 1 N–H and O–H groups in total. The minimum absolute atomic E-state index is 0.0631. The van der Waals surface area contributed by atoms with Gasteiger partial charge in [0, 0.05) is 42.1 Å². The fourth-order valence-corrected chi connectivity index (χ4v) is 6.43. The number of fused-ring (bicyclic) bond motifs is 6. The third kappa shape index (κ3) is 4.63. The topological polar surface area (TPSA) is 110 Å². The molecule has 4 aromatic heterocycles. The van der Waals surface area contributed by atoms with Crippen LogP contribution in [-0.2, 0) is 15.9 Å². The minimum atomic E-state index is -3.77. The van der Waals surface area contributed by atoms with Crippen molar-refractivity contribution in [3.63, 3.8) is 0 Å². The number of rotatable bonds is 6. The van der Waals surface area contributed by atoms with Crippen LogP contribution in [0.2, 0.25) is 0 Å². The fourth-order valence-electron chi connectivity index (χ4n) is 5.74. The van der Waals surface area contributed by atoms with Crippen molar-refractivity contribution < 1.29 is 26.4 Å². The molecular weight excluding hydrogens is 636 g/mol. The van der Waals surface area contributed by atoms with E-state index in [1.807, 2.05) is 0 Å². The summed E-state index contributed by atoms with van der Waals surface area (Å²) in [6.45, 7) is 0. The number of sulfonamides is 1. The highest BCUT2D eigenvalue weighted by Crippen LogP contribution is 2.41. The second-order valence-electron chi connectivity index (χ2n) is 10.8. The predicted molar refractivity (Wildman–Crippen MR) is 175 cm³/mol.